The monoisotopic (exact) mass is 353 g/mol. The number of fused-ring (bicyclic) bond motifs is 4. The van der Waals surface area contributed by atoms with E-state index < -0.39 is 0 Å². The first-order valence-corrected chi connectivity index (χ1v) is 9.45. The van der Waals surface area contributed by atoms with E-state index >= 15 is 0 Å². The summed E-state index contributed by atoms with van der Waals surface area (Å²) >= 11 is 1.83. The minimum Gasteiger partial charge on any atom is -0.454 e. The molecule has 1 unspecified atom stereocenters. The van der Waals surface area contributed by atoms with Gasteiger partial charge in [-0.05, 0) is 56.4 Å². The van der Waals surface area contributed by atoms with Crippen molar-refractivity contribution in [3.8, 4) is 11.5 Å². The van der Waals surface area contributed by atoms with Gasteiger partial charge < -0.3 is 14.8 Å². The number of hydrogen-bond acceptors (Lipinski definition) is 6. The van der Waals surface area contributed by atoms with Crippen molar-refractivity contribution in [2.75, 3.05) is 12.1 Å². The zero-order valence-electron chi connectivity index (χ0n) is 14.3. The minimum atomic E-state index is 0.115. The van der Waals surface area contributed by atoms with E-state index in [-0.39, 0.29) is 6.04 Å². The molecule has 1 aliphatic carbocycles. The summed E-state index contributed by atoms with van der Waals surface area (Å²) in [4.78, 5) is 12.0. The standard InChI is InChI=1S/C19H19N3O2S/c1-10(12-6-7-14-15(8-12)24-9-23-14)20-18-17-13-4-3-5-16(13)25-19(17)22-11(2)21-18/h6-8,10H,3-5,9H2,1-2H3,(H,20,21,22). The van der Waals surface area contributed by atoms with Crippen LogP contribution >= 0.6 is 11.3 Å². The fraction of sp³-hybridized carbons (Fsp3) is 0.368. The Morgan fingerprint density at radius 3 is 2.96 bits per heavy atom. The molecule has 1 aromatic carbocycles. The smallest absolute Gasteiger partial charge is 0.231 e. The van der Waals surface area contributed by atoms with Crippen LogP contribution < -0.4 is 14.8 Å². The first-order chi connectivity index (χ1) is 12.2. The number of aryl methyl sites for hydroxylation is 3. The van der Waals surface area contributed by atoms with E-state index in [9.17, 15) is 0 Å². The minimum absolute atomic E-state index is 0.115. The summed E-state index contributed by atoms with van der Waals surface area (Å²) in [6, 6.07) is 6.21. The normalized spacial score (nSPS) is 16.2. The molecule has 5 rings (SSSR count). The first-order valence-electron chi connectivity index (χ1n) is 8.64. The number of aromatic nitrogens is 2. The third-order valence-electron chi connectivity index (χ3n) is 4.93. The predicted molar refractivity (Wildman–Crippen MR) is 98.8 cm³/mol. The maximum absolute atomic E-state index is 5.50. The summed E-state index contributed by atoms with van der Waals surface area (Å²) in [5.74, 6) is 3.39. The number of benzene rings is 1. The summed E-state index contributed by atoms with van der Waals surface area (Å²) < 4.78 is 10.9. The first kappa shape index (κ1) is 15.0. The molecule has 3 heterocycles. The number of anilines is 1. The molecule has 0 saturated heterocycles. The van der Waals surface area contributed by atoms with E-state index in [4.69, 9.17) is 14.5 Å². The molecule has 0 amide bonds. The molecular formula is C19H19N3O2S. The van der Waals surface area contributed by atoms with Crippen LogP contribution in [0.1, 0.15) is 41.2 Å². The van der Waals surface area contributed by atoms with Crippen molar-refractivity contribution >= 4 is 27.4 Å². The Bertz CT molecular complexity index is 982. The van der Waals surface area contributed by atoms with Crippen molar-refractivity contribution in [3.63, 3.8) is 0 Å². The Hall–Kier alpha value is -2.34. The molecule has 0 spiro atoms. The highest BCUT2D eigenvalue weighted by atomic mass is 32.1. The average molecular weight is 353 g/mol. The number of rotatable bonds is 3. The van der Waals surface area contributed by atoms with E-state index in [2.05, 4.69) is 23.3 Å². The van der Waals surface area contributed by atoms with Crippen molar-refractivity contribution in [3.05, 3.63) is 40.0 Å². The molecule has 6 heteroatoms. The number of nitrogens with one attached hydrogen (secondary N) is 1. The van der Waals surface area contributed by atoms with Crippen LogP contribution in [0, 0.1) is 6.92 Å². The van der Waals surface area contributed by atoms with E-state index in [0.717, 1.165) is 40.0 Å². The Morgan fingerprint density at radius 2 is 2.04 bits per heavy atom. The van der Waals surface area contributed by atoms with Gasteiger partial charge in [-0.3, -0.25) is 0 Å². The Kier molecular flexibility index (Phi) is 3.35. The molecule has 1 aliphatic heterocycles. The van der Waals surface area contributed by atoms with E-state index in [0.29, 0.717) is 6.79 Å². The molecule has 0 saturated carbocycles. The summed E-state index contributed by atoms with van der Waals surface area (Å²) in [5, 5.41) is 4.83. The molecule has 1 atom stereocenters. The summed E-state index contributed by atoms with van der Waals surface area (Å²) in [7, 11) is 0. The summed E-state index contributed by atoms with van der Waals surface area (Å²) in [6.07, 6.45) is 3.55. The largest absolute Gasteiger partial charge is 0.454 e. The van der Waals surface area contributed by atoms with Gasteiger partial charge in [0.25, 0.3) is 0 Å². The molecule has 128 valence electrons. The van der Waals surface area contributed by atoms with Crippen LogP contribution in [-0.4, -0.2) is 16.8 Å². The quantitative estimate of drug-likeness (QED) is 0.757. The maximum Gasteiger partial charge on any atom is 0.231 e. The van der Waals surface area contributed by atoms with Gasteiger partial charge in [-0.1, -0.05) is 6.07 Å². The Balaban J connectivity index is 1.53. The molecule has 0 fully saturated rings. The van der Waals surface area contributed by atoms with Gasteiger partial charge in [0.15, 0.2) is 11.5 Å². The maximum atomic E-state index is 5.50. The zero-order chi connectivity index (χ0) is 17.0. The van der Waals surface area contributed by atoms with Crippen LogP contribution in [0.2, 0.25) is 0 Å². The van der Waals surface area contributed by atoms with Gasteiger partial charge in [0, 0.05) is 4.88 Å². The summed E-state index contributed by atoms with van der Waals surface area (Å²) in [6.45, 7) is 4.40. The van der Waals surface area contributed by atoms with E-state index in [1.807, 2.05) is 30.4 Å². The van der Waals surface area contributed by atoms with Gasteiger partial charge in [0.05, 0.1) is 11.4 Å². The highest BCUT2D eigenvalue weighted by molar-refractivity contribution is 7.19. The van der Waals surface area contributed by atoms with Crippen LogP contribution in [-0.2, 0) is 12.8 Å². The highest BCUT2D eigenvalue weighted by Crippen LogP contribution is 2.41. The molecule has 5 nitrogen and oxygen atoms in total. The zero-order valence-corrected chi connectivity index (χ0v) is 15.1. The lowest BCUT2D eigenvalue weighted by atomic mass is 10.1. The average Bonchev–Trinajstić information content (AvgIpc) is 3.28. The third-order valence-corrected chi connectivity index (χ3v) is 6.11. The molecule has 2 aromatic heterocycles. The van der Waals surface area contributed by atoms with Gasteiger partial charge in [0.1, 0.15) is 16.5 Å². The van der Waals surface area contributed by atoms with Crippen molar-refractivity contribution in [1.82, 2.24) is 9.97 Å². The van der Waals surface area contributed by atoms with E-state index in [1.54, 1.807) is 0 Å². The third kappa shape index (κ3) is 2.43. The van der Waals surface area contributed by atoms with E-state index in [1.165, 1.54) is 28.7 Å². The lowest BCUT2D eigenvalue weighted by molar-refractivity contribution is 0.174. The van der Waals surface area contributed by atoms with Crippen molar-refractivity contribution in [2.45, 2.75) is 39.2 Å². The lowest BCUT2D eigenvalue weighted by Gasteiger charge is -2.17. The number of thiophene rings is 1. The molecule has 1 N–H and O–H groups in total. The van der Waals surface area contributed by atoms with Gasteiger partial charge in [-0.2, -0.15) is 0 Å². The summed E-state index contributed by atoms with van der Waals surface area (Å²) in [5.41, 5.74) is 2.60. The Labute approximate surface area is 150 Å². The Morgan fingerprint density at radius 1 is 1.16 bits per heavy atom. The van der Waals surface area contributed by atoms with Crippen LogP contribution in [0.15, 0.2) is 18.2 Å². The SMILES string of the molecule is Cc1nc(NC(C)c2ccc3c(c2)OCO3)c2c3c(sc2n1)CCC3. The van der Waals surface area contributed by atoms with Crippen LogP contribution in [0.3, 0.4) is 0 Å². The second-order valence-electron chi connectivity index (χ2n) is 6.64. The second kappa shape index (κ2) is 5.59. The van der Waals surface area contributed by atoms with Gasteiger partial charge in [0.2, 0.25) is 6.79 Å². The lowest BCUT2D eigenvalue weighted by Crippen LogP contribution is -2.09. The van der Waals surface area contributed by atoms with Crippen LogP contribution in [0.5, 0.6) is 11.5 Å². The topological polar surface area (TPSA) is 56.3 Å². The fourth-order valence-corrected chi connectivity index (χ4v) is 4.98. The molecule has 2 aliphatic rings. The second-order valence-corrected chi connectivity index (χ2v) is 7.72. The number of ether oxygens (including phenoxy) is 2. The van der Waals surface area contributed by atoms with Gasteiger partial charge in [-0.15, -0.1) is 11.3 Å². The van der Waals surface area contributed by atoms with Crippen LogP contribution in [0.4, 0.5) is 5.82 Å². The van der Waals surface area contributed by atoms with Gasteiger partial charge >= 0.3 is 0 Å². The molecule has 3 aromatic rings. The predicted octanol–water partition coefficient (Wildman–Crippen LogP) is 4.39. The molecule has 0 radical (unpaired) electrons. The van der Waals surface area contributed by atoms with Crippen molar-refractivity contribution in [1.29, 1.82) is 0 Å². The van der Waals surface area contributed by atoms with Crippen LogP contribution in [0.25, 0.3) is 10.2 Å². The fourth-order valence-electron chi connectivity index (χ4n) is 3.68. The van der Waals surface area contributed by atoms with Gasteiger partial charge in [-0.25, -0.2) is 9.97 Å². The highest BCUT2D eigenvalue weighted by Gasteiger charge is 2.23. The van der Waals surface area contributed by atoms with Crippen molar-refractivity contribution < 1.29 is 9.47 Å². The number of nitrogens with zero attached hydrogens (tertiary/aromatic N) is 2. The number of hydrogen-bond donors (Lipinski definition) is 1. The molecule has 0 bridgehead atoms. The molecular weight excluding hydrogens is 334 g/mol. The molecule has 25 heavy (non-hydrogen) atoms. The van der Waals surface area contributed by atoms with Crippen molar-refractivity contribution in [2.24, 2.45) is 0 Å².